The molecule has 23 heavy (non-hydrogen) atoms. The maximum absolute atomic E-state index is 13.5. The van der Waals surface area contributed by atoms with Crippen molar-refractivity contribution in [1.29, 1.82) is 0 Å². The molecule has 2 bridgehead atoms. The van der Waals surface area contributed by atoms with Crippen LogP contribution in [0.3, 0.4) is 0 Å². The van der Waals surface area contributed by atoms with E-state index in [1.165, 1.54) is 0 Å². The first-order chi connectivity index (χ1) is 11.1. The largest absolute Gasteiger partial charge is 0.314 e. The number of aryl methyl sites for hydroxylation is 1. The molecule has 2 atom stereocenters. The number of hydrogen-bond acceptors (Lipinski definition) is 4. The van der Waals surface area contributed by atoms with E-state index in [0.717, 1.165) is 48.8 Å². The second-order valence-corrected chi connectivity index (χ2v) is 8.29. The normalized spacial score (nSPS) is 25.6. The minimum atomic E-state index is -3.53. The van der Waals surface area contributed by atoms with Gasteiger partial charge in [-0.25, -0.2) is 8.42 Å². The predicted octanol–water partition coefficient (Wildman–Crippen LogP) is 2.06. The summed E-state index contributed by atoms with van der Waals surface area (Å²) in [7, 11) is -3.53. The lowest BCUT2D eigenvalue weighted by Crippen LogP contribution is -2.61. The lowest BCUT2D eigenvalue weighted by atomic mass is 9.95. The SMILES string of the molecule is Cc1ccc2ncccc2c1S(=O)(=O)N1C2CCCC1CNC2. The number of fused-ring (bicyclic) bond motifs is 3. The molecule has 2 aliphatic heterocycles. The lowest BCUT2D eigenvalue weighted by molar-refractivity contribution is 0.138. The number of hydrogen-bond donors (Lipinski definition) is 1. The molecule has 1 N–H and O–H groups in total. The quantitative estimate of drug-likeness (QED) is 0.915. The fraction of sp³-hybridized carbons (Fsp3) is 0.471. The molecule has 0 spiro atoms. The monoisotopic (exact) mass is 331 g/mol. The molecular formula is C17H21N3O2S. The van der Waals surface area contributed by atoms with Crippen molar-refractivity contribution in [1.82, 2.24) is 14.6 Å². The van der Waals surface area contributed by atoms with Crippen LogP contribution < -0.4 is 5.32 Å². The lowest BCUT2D eigenvalue weighted by Gasteiger charge is -2.45. The molecule has 6 heteroatoms. The van der Waals surface area contributed by atoms with Crippen LogP contribution in [-0.2, 0) is 10.0 Å². The molecule has 2 aliphatic rings. The topological polar surface area (TPSA) is 62.3 Å². The summed E-state index contributed by atoms with van der Waals surface area (Å²) in [5.41, 5.74) is 1.53. The van der Waals surface area contributed by atoms with Crippen molar-refractivity contribution in [3.05, 3.63) is 36.0 Å². The van der Waals surface area contributed by atoms with E-state index in [4.69, 9.17) is 0 Å². The molecule has 0 aliphatic carbocycles. The van der Waals surface area contributed by atoms with E-state index < -0.39 is 10.0 Å². The van der Waals surface area contributed by atoms with Crippen molar-refractivity contribution in [2.24, 2.45) is 0 Å². The zero-order valence-corrected chi connectivity index (χ0v) is 14.0. The smallest absolute Gasteiger partial charge is 0.244 e. The number of pyridine rings is 1. The van der Waals surface area contributed by atoms with Crippen LogP contribution in [0.4, 0.5) is 0 Å². The van der Waals surface area contributed by atoms with E-state index in [9.17, 15) is 8.42 Å². The Kier molecular flexibility index (Phi) is 3.63. The molecule has 1 aromatic carbocycles. The van der Waals surface area contributed by atoms with Crippen LogP contribution in [0.5, 0.6) is 0 Å². The summed E-state index contributed by atoms with van der Waals surface area (Å²) in [6.45, 7) is 3.37. The van der Waals surface area contributed by atoms with Crippen LogP contribution in [0.15, 0.2) is 35.4 Å². The van der Waals surface area contributed by atoms with Gasteiger partial charge >= 0.3 is 0 Å². The summed E-state index contributed by atoms with van der Waals surface area (Å²) in [4.78, 5) is 4.75. The van der Waals surface area contributed by atoms with E-state index >= 15 is 0 Å². The zero-order valence-electron chi connectivity index (χ0n) is 13.2. The number of piperidine rings is 1. The Morgan fingerprint density at radius 3 is 2.65 bits per heavy atom. The highest BCUT2D eigenvalue weighted by Gasteiger charge is 2.42. The summed E-state index contributed by atoms with van der Waals surface area (Å²) in [6, 6.07) is 7.56. The average molecular weight is 331 g/mol. The molecule has 2 unspecified atom stereocenters. The summed E-state index contributed by atoms with van der Waals surface area (Å²) < 4.78 is 28.8. The molecule has 5 nitrogen and oxygen atoms in total. The summed E-state index contributed by atoms with van der Waals surface area (Å²) in [5, 5.41) is 4.10. The Morgan fingerprint density at radius 2 is 1.91 bits per heavy atom. The summed E-state index contributed by atoms with van der Waals surface area (Å²) in [5.74, 6) is 0. The van der Waals surface area contributed by atoms with Crippen molar-refractivity contribution in [3.8, 4) is 0 Å². The second kappa shape index (κ2) is 5.54. The predicted molar refractivity (Wildman–Crippen MR) is 89.8 cm³/mol. The molecular weight excluding hydrogens is 310 g/mol. The molecule has 1 aromatic heterocycles. The van der Waals surface area contributed by atoms with Gasteiger partial charge in [0.25, 0.3) is 0 Å². The van der Waals surface area contributed by atoms with E-state index in [-0.39, 0.29) is 12.1 Å². The summed E-state index contributed by atoms with van der Waals surface area (Å²) >= 11 is 0. The fourth-order valence-electron chi connectivity index (χ4n) is 4.02. The van der Waals surface area contributed by atoms with Crippen molar-refractivity contribution in [2.45, 2.75) is 43.2 Å². The number of rotatable bonds is 2. The van der Waals surface area contributed by atoms with Gasteiger partial charge in [0.15, 0.2) is 0 Å². The zero-order chi connectivity index (χ0) is 16.0. The maximum Gasteiger partial charge on any atom is 0.244 e. The van der Waals surface area contributed by atoms with Crippen LogP contribution in [-0.4, -0.2) is 42.9 Å². The molecule has 3 heterocycles. The van der Waals surface area contributed by atoms with Crippen molar-refractivity contribution >= 4 is 20.9 Å². The van der Waals surface area contributed by atoms with Gasteiger partial charge in [0.1, 0.15) is 0 Å². The van der Waals surface area contributed by atoms with E-state index in [2.05, 4.69) is 10.3 Å². The highest BCUT2D eigenvalue weighted by molar-refractivity contribution is 7.89. The number of sulfonamides is 1. The number of aromatic nitrogens is 1. The first-order valence-electron chi connectivity index (χ1n) is 8.17. The van der Waals surface area contributed by atoms with Gasteiger partial charge in [0.05, 0.1) is 10.4 Å². The minimum absolute atomic E-state index is 0.0684. The number of piperazine rings is 1. The van der Waals surface area contributed by atoms with Crippen LogP contribution in [0.25, 0.3) is 10.9 Å². The minimum Gasteiger partial charge on any atom is -0.314 e. The van der Waals surface area contributed by atoms with E-state index in [1.807, 2.05) is 25.1 Å². The van der Waals surface area contributed by atoms with Crippen LogP contribution in [0, 0.1) is 6.92 Å². The highest BCUT2D eigenvalue weighted by atomic mass is 32.2. The van der Waals surface area contributed by atoms with Gasteiger partial charge in [-0.15, -0.1) is 0 Å². The fourth-order valence-corrected chi connectivity index (χ4v) is 6.30. The van der Waals surface area contributed by atoms with Crippen molar-refractivity contribution in [2.75, 3.05) is 13.1 Å². The van der Waals surface area contributed by atoms with Gasteiger partial charge in [-0.2, -0.15) is 4.31 Å². The Hall–Kier alpha value is -1.50. The first kappa shape index (κ1) is 15.1. The molecule has 2 fully saturated rings. The van der Waals surface area contributed by atoms with Crippen LogP contribution >= 0.6 is 0 Å². The van der Waals surface area contributed by atoms with E-state index in [0.29, 0.717) is 4.90 Å². The third-order valence-corrected chi connectivity index (χ3v) is 7.23. The summed E-state index contributed by atoms with van der Waals surface area (Å²) in [6.07, 6.45) is 4.68. The Bertz CT molecular complexity index is 828. The van der Waals surface area contributed by atoms with Crippen molar-refractivity contribution in [3.63, 3.8) is 0 Å². The molecule has 122 valence electrons. The number of nitrogens with zero attached hydrogens (tertiary/aromatic N) is 2. The first-order valence-corrected chi connectivity index (χ1v) is 9.61. The Labute approximate surface area is 136 Å². The molecule has 0 amide bonds. The Morgan fingerprint density at radius 1 is 1.17 bits per heavy atom. The standard InChI is InChI=1S/C17H21N3O2S/c1-12-7-8-16-15(6-3-9-19-16)17(12)23(21,22)20-13-4-2-5-14(20)11-18-10-13/h3,6-9,13-14,18H,2,4-5,10-11H2,1H3. The van der Waals surface area contributed by atoms with Crippen LogP contribution in [0.1, 0.15) is 24.8 Å². The van der Waals surface area contributed by atoms with Gasteiger partial charge in [-0.1, -0.05) is 12.5 Å². The highest BCUT2D eigenvalue weighted by Crippen LogP contribution is 2.35. The average Bonchev–Trinajstić information content (AvgIpc) is 2.53. The van der Waals surface area contributed by atoms with Crippen molar-refractivity contribution < 1.29 is 8.42 Å². The number of nitrogens with one attached hydrogen (secondary N) is 1. The Balaban J connectivity index is 1.91. The number of benzene rings is 1. The van der Waals surface area contributed by atoms with Crippen LogP contribution in [0.2, 0.25) is 0 Å². The molecule has 2 saturated heterocycles. The molecule has 0 radical (unpaired) electrons. The molecule has 4 rings (SSSR count). The third kappa shape index (κ3) is 2.36. The van der Waals surface area contributed by atoms with E-state index in [1.54, 1.807) is 16.6 Å². The maximum atomic E-state index is 13.5. The van der Waals surface area contributed by atoms with Gasteiger partial charge in [0.2, 0.25) is 10.0 Å². The van der Waals surface area contributed by atoms with Gasteiger partial charge in [-0.05, 0) is 43.5 Å². The second-order valence-electron chi connectivity index (χ2n) is 6.51. The van der Waals surface area contributed by atoms with Gasteiger partial charge in [0, 0.05) is 36.8 Å². The molecule has 2 aromatic rings. The molecule has 0 saturated carbocycles. The van der Waals surface area contributed by atoms with Gasteiger partial charge in [-0.3, -0.25) is 4.98 Å². The third-order valence-electron chi connectivity index (χ3n) is 5.02. The van der Waals surface area contributed by atoms with Gasteiger partial charge < -0.3 is 5.32 Å².